The Bertz CT molecular complexity index is 281. The normalized spacial score (nSPS) is 6.60. The fourth-order valence-corrected chi connectivity index (χ4v) is 0. The summed E-state index contributed by atoms with van der Waals surface area (Å²) in [6.45, 7) is 0. The monoisotopic (exact) mass is 650 g/mol. The van der Waals surface area contributed by atoms with Gasteiger partial charge in [0, 0.05) is 0 Å². The third kappa shape index (κ3) is 36.0. The van der Waals surface area contributed by atoms with Gasteiger partial charge in [-0.05, 0) is 0 Å². The van der Waals surface area contributed by atoms with Crippen molar-refractivity contribution in [1.82, 2.24) is 0 Å². The summed E-state index contributed by atoms with van der Waals surface area (Å²) in [5, 5.41) is 53.6. The molecule has 0 fully saturated rings. The maximum absolute atomic E-state index is 8.93. The standard InChI is InChI=1S/3C2H2O4.2Ir/c3*3-1(4)2(5)6;;/h3*(H,3,4)(H,5,6);;/q;;;2*+3/p-6. The maximum atomic E-state index is 8.93. The molecular weight excluding hydrogens is 648 g/mol. The quantitative estimate of drug-likeness (QED) is 0.223. The van der Waals surface area contributed by atoms with Gasteiger partial charge in [0.1, 0.15) is 0 Å². The van der Waals surface area contributed by atoms with Gasteiger partial charge in [0.15, 0.2) is 0 Å². The van der Waals surface area contributed by atoms with Crippen LogP contribution in [0.1, 0.15) is 0 Å². The van der Waals surface area contributed by atoms with Gasteiger partial charge >= 0.3 is 40.2 Å². The smallest absolute Gasteiger partial charge is 0.543 e. The van der Waals surface area contributed by atoms with Crippen molar-refractivity contribution in [2.75, 3.05) is 0 Å². The van der Waals surface area contributed by atoms with Crippen LogP contribution in [-0.4, -0.2) is 35.8 Å². The number of hydrogen-bond acceptors (Lipinski definition) is 12. The number of carboxylic acid groups (broad SMARTS) is 6. The minimum absolute atomic E-state index is 0. The molecule has 0 aliphatic heterocycles. The summed E-state index contributed by atoms with van der Waals surface area (Å²) >= 11 is 0. The molecular formula is C6Ir2O12. The van der Waals surface area contributed by atoms with Crippen LogP contribution < -0.4 is 30.6 Å². The third-order valence-corrected chi connectivity index (χ3v) is 0.500. The molecule has 0 bridgehead atoms. The molecule has 0 saturated heterocycles. The maximum Gasteiger partial charge on any atom is 3.00 e. The minimum atomic E-state index is -2.19. The number of rotatable bonds is 0. The molecule has 0 heterocycles. The van der Waals surface area contributed by atoms with Gasteiger partial charge in [-0.25, -0.2) is 0 Å². The molecule has 20 heavy (non-hydrogen) atoms. The molecule has 12 nitrogen and oxygen atoms in total. The molecule has 0 radical (unpaired) electrons. The van der Waals surface area contributed by atoms with Crippen molar-refractivity contribution < 1.29 is 99.6 Å². The fraction of sp³-hybridized carbons (Fsp3) is 0. The Morgan fingerprint density at radius 1 is 0.350 bits per heavy atom. The van der Waals surface area contributed by atoms with Crippen molar-refractivity contribution in [2.45, 2.75) is 0 Å². The summed E-state index contributed by atoms with van der Waals surface area (Å²) in [5.41, 5.74) is 0. The average molecular weight is 648 g/mol. The number of hydrogen-bond donors (Lipinski definition) is 0. The molecule has 0 N–H and O–H groups in total. The molecule has 0 aliphatic rings. The van der Waals surface area contributed by atoms with Gasteiger partial charge in [-0.2, -0.15) is 0 Å². The van der Waals surface area contributed by atoms with Crippen LogP contribution in [0.15, 0.2) is 0 Å². The van der Waals surface area contributed by atoms with Gasteiger partial charge in [-0.3, -0.25) is 0 Å². The van der Waals surface area contributed by atoms with Crippen molar-refractivity contribution in [3.63, 3.8) is 0 Å². The van der Waals surface area contributed by atoms with Crippen LogP contribution in [-0.2, 0) is 69.0 Å². The van der Waals surface area contributed by atoms with E-state index in [0.717, 1.165) is 0 Å². The van der Waals surface area contributed by atoms with E-state index in [4.69, 9.17) is 59.4 Å². The van der Waals surface area contributed by atoms with Gasteiger partial charge in [0.25, 0.3) is 0 Å². The Balaban J connectivity index is -0.0000000536. The van der Waals surface area contributed by atoms with E-state index in [1.165, 1.54) is 0 Å². The SMILES string of the molecule is O=C([O-])C(=O)[O-].O=C([O-])C(=O)[O-].O=C([O-])C(=O)[O-].[Ir+3].[Ir+3]. The summed E-state index contributed by atoms with van der Waals surface area (Å²) < 4.78 is 0. The molecule has 114 valence electrons. The van der Waals surface area contributed by atoms with E-state index in [1.54, 1.807) is 0 Å². The summed E-state index contributed by atoms with van der Waals surface area (Å²) in [7, 11) is 0. The van der Waals surface area contributed by atoms with Crippen LogP contribution in [0.2, 0.25) is 0 Å². The molecule has 0 atom stereocenters. The topological polar surface area (TPSA) is 241 Å². The first-order valence-corrected chi connectivity index (χ1v) is 3.20. The van der Waals surface area contributed by atoms with Crippen LogP contribution in [0, 0.1) is 0 Å². The van der Waals surface area contributed by atoms with E-state index in [2.05, 4.69) is 0 Å². The molecule has 0 amide bonds. The summed E-state index contributed by atoms with van der Waals surface area (Å²) in [4.78, 5) is 53.6. The first-order valence-electron chi connectivity index (χ1n) is 3.20. The van der Waals surface area contributed by atoms with Gasteiger partial charge in [0.2, 0.25) is 0 Å². The Kier molecular flexibility index (Phi) is 26.4. The average Bonchev–Trinajstić information content (AvgIpc) is 2.18. The van der Waals surface area contributed by atoms with Gasteiger partial charge in [-0.15, -0.1) is 0 Å². The molecule has 0 rings (SSSR count). The second-order valence-electron chi connectivity index (χ2n) is 1.72. The third-order valence-electron chi connectivity index (χ3n) is 0.500. The molecule has 0 aromatic heterocycles. The largest absolute Gasteiger partial charge is 3.00 e. The summed E-state index contributed by atoms with van der Waals surface area (Å²) in [6, 6.07) is 0. The zero-order valence-electron chi connectivity index (χ0n) is 8.57. The fourth-order valence-electron chi connectivity index (χ4n) is 0. The molecule has 0 aromatic carbocycles. The zero-order chi connectivity index (χ0) is 15.5. The van der Waals surface area contributed by atoms with Crippen LogP contribution in [0.5, 0.6) is 0 Å². The molecule has 0 aliphatic carbocycles. The van der Waals surface area contributed by atoms with E-state index in [1.807, 2.05) is 0 Å². The van der Waals surface area contributed by atoms with Crippen LogP contribution in [0.3, 0.4) is 0 Å². The second kappa shape index (κ2) is 17.1. The number of carbonyl (C=O) groups is 6. The van der Waals surface area contributed by atoms with Crippen LogP contribution in [0.25, 0.3) is 0 Å². The predicted molar refractivity (Wildman–Crippen MR) is 30.0 cm³/mol. The molecule has 0 saturated carbocycles. The van der Waals surface area contributed by atoms with Crippen LogP contribution in [0.4, 0.5) is 0 Å². The van der Waals surface area contributed by atoms with E-state index >= 15 is 0 Å². The summed E-state index contributed by atoms with van der Waals surface area (Å²) in [5.74, 6) is -13.1. The van der Waals surface area contributed by atoms with Gasteiger partial charge in [-0.1, -0.05) is 0 Å². The first-order chi connectivity index (χ1) is 7.93. The number of carbonyl (C=O) groups excluding carboxylic acids is 6. The Hall–Kier alpha value is -1.88. The summed E-state index contributed by atoms with van der Waals surface area (Å²) in [6.07, 6.45) is 0. The molecule has 0 aromatic rings. The van der Waals surface area contributed by atoms with E-state index in [0.29, 0.717) is 0 Å². The Labute approximate surface area is 135 Å². The first kappa shape index (κ1) is 30.9. The van der Waals surface area contributed by atoms with E-state index < -0.39 is 35.8 Å². The van der Waals surface area contributed by atoms with Crippen LogP contribution >= 0.6 is 0 Å². The van der Waals surface area contributed by atoms with Crippen molar-refractivity contribution >= 4 is 35.8 Å². The zero-order valence-corrected chi connectivity index (χ0v) is 13.4. The van der Waals surface area contributed by atoms with Crippen molar-refractivity contribution in [3.05, 3.63) is 0 Å². The van der Waals surface area contributed by atoms with E-state index in [-0.39, 0.29) is 40.2 Å². The van der Waals surface area contributed by atoms with Gasteiger partial charge in [0.05, 0.1) is 35.8 Å². The molecule has 14 heteroatoms. The Morgan fingerprint density at radius 3 is 0.400 bits per heavy atom. The van der Waals surface area contributed by atoms with Crippen molar-refractivity contribution in [1.29, 1.82) is 0 Å². The molecule has 0 spiro atoms. The van der Waals surface area contributed by atoms with Gasteiger partial charge < -0.3 is 59.4 Å². The minimum Gasteiger partial charge on any atom is -0.543 e. The van der Waals surface area contributed by atoms with Crippen molar-refractivity contribution in [2.24, 2.45) is 0 Å². The Morgan fingerprint density at radius 2 is 0.400 bits per heavy atom. The van der Waals surface area contributed by atoms with Crippen molar-refractivity contribution in [3.8, 4) is 0 Å². The molecule has 0 unspecified atom stereocenters. The number of aliphatic carboxylic acids is 6. The van der Waals surface area contributed by atoms with E-state index in [9.17, 15) is 0 Å². The predicted octanol–water partition coefficient (Wildman–Crippen LogP) is -10.5. The second-order valence-corrected chi connectivity index (χ2v) is 1.72. The number of carboxylic acids is 6.